The molecule has 0 radical (unpaired) electrons. The van der Waals surface area contributed by atoms with E-state index in [1.165, 1.54) is 10.6 Å². The fourth-order valence-corrected chi connectivity index (χ4v) is 4.00. The van der Waals surface area contributed by atoms with Crippen molar-refractivity contribution in [1.29, 1.82) is 0 Å². The van der Waals surface area contributed by atoms with Crippen LogP contribution in [0.5, 0.6) is 0 Å². The number of hydrogen-bond acceptors (Lipinski definition) is 4. The summed E-state index contributed by atoms with van der Waals surface area (Å²) in [5, 5.41) is 3.05. The van der Waals surface area contributed by atoms with Crippen molar-refractivity contribution in [3.63, 3.8) is 0 Å². The molecule has 166 valence electrons. The lowest BCUT2D eigenvalue weighted by Gasteiger charge is -2.34. The van der Waals surface area contributed by atoms with Crippen LogP contribution in [0.2, 0.25) is 0 Å². The Labute approximate surface area is 183 Å². The summed E-state index contributed by atoms with van der Waals surface area (Å²) in [5.41, 5.74) is 1.34. The van der Waals surface area contributed by atoms with E-state index in [9.17, 15) is 14.4 Å². The Balaban J connectivity index is 1.56. The number of aromatic nitrogens is 1. The zero-order chi connectivity index (χ0) is 22.2. The van der Waals surface area contributed by atoms with Gasteiger partial charge in [0.05, 0.1) is 18.1 Å². The molecule has 0 saturated carbocycles. The number of amides is 2. The normalized spacial score (nSPS) is 15.5. The molecule has 1 saturated heterocycles. The van der Waals surface area contributed by atoms with E-state index >= 15 is 0 Å². The van der Waals surface area contributed by atoms with Gasteiger partial charge >= 0.3 is 0 Å². The van der Waals surface area contributed by atoms with Crippen molar-refractivity contribution in [2.75, 3.05) is 26.8 Å². The van der Waals surface area contributed by atoms with E-state index in [-0.39, 0.29) is 29.3 Å². The number of ether oxygens (including phenoxy) is 1. The molecule has 0 aliphatic carbocycles. The molecule has 3 rings (SSSR count). The number of rotatable bonds is 8. The Kier molecular flexibility index (Phi) is 8.00. The zero-order valence-corrected chi connectivity index (χ0v) is 18.3. The van der Waals surface area contributed by atoms with Crippen LogP contribution in [0, 0.1) is 0 Å². The topological polar surface area (TPSA) is 80.6 Å². The van der Waals surface area contributed by atoms with Crippen LogP contribution in [0.1, 0.15) is 48.0 Å². The van der Waals surface area contributed by atoms with Gasteiger partial charge in [-0.2, -0.15) is 0 Å². The Morgan fingerprint density at radius 1 is 1.13 bits per heavy atom. The third-order valence-electron chi connectivity index (χ3n) is 5.83. The number of carbonyl (C=O) groups excluding carboxylic acids is 2. The van der Waals surface area contributed by atoms with Crippen molar-refractivity contribution in [3.8, 4) is 0 Å². The van der Waals surface area contributed by atoms with Gasteiger partial charge in [0.15, 0.2) is 0 Å². The molecule has 1 aromatic heterocycles. The molecular formula is C24H31N3O4. The van der Waals surface area contributed by atoms with Gasteiger partial charge in [-0.3, -0.25) is 14.4 Å². The van der Waals surface area contributed by atoms with Crippen LogP contribution in [0.4, 0.5) is 0 Å². The van der Waals surface area contributed by atoms with Crippen molar-refractivity contribution in [3.05, 3.63) is 70.1 Å². The fraction of sp³-hybridized carbons (Fsp3) is 0.458. The predicted molar refractivity (Wildman–Crippen MR) is 119 cm³/mol. The molecule has 1 fully saturated rings. The molecule has 1 aromatic carbocycles. The van der Waals surface area contributed by atoms with Gasteiger partial charge < -0.3 is 19.5 Å². The molecule has 1 unspecified atom stereocenters. The van der Waals surface area contributed by atoms with Crippen molar-refractivity contribution < 1.29 is 14.3 Å². The summed E-state index contributed by atoms with van der Waals surface area (Å²) in [6.45, 7) is 4.09. The molecule has 2 heterocycles. The first-order valence-corrected chi connectivity index (χ1v) is 10.9. The lowest BCUT2D eigenvalue weighted by atomic mass is 9.93. The van der Waals surface area contributed by atoms with Gasteiger partial charge in [0.25, 0.3) is 11.5 Å². The van der Waals surface area contributed by atoms with Gasteiger partial charge in [-0.1, -0.05) is 37.3 Å². The van der Waals surface area contributed by atoms with E-state index in [2.05, 4.69) is 5.32 Å². The van der Waals surface area contributed by atoms with E-state index < -0.39 is 0 Å². The lowest BCUT2D eigenvalue weighted by molar-refractivity contribution is -0.134. The minimum absolute atomic E-state index is 0.00713. The third-order valence-corrected chi connectivity index (χ3v) is 5.83. The van der Waals surface area contributed by atoms with Gasteiger partial charge in [-0.15, -0.1) is 0 Å². The summed E-state index contributed by atoms with van der Waals surface area (Å²) >= 11 is 0. The highest BCUT2D eigenvalue weighted by Gasteiger charge is 2.29. The molecule has 1 N–H and O–H groups in total. The molecule has 1 aliphatic heterocycles. The highest BCUT2D eigenvalue weighted by molar-refractivity contribution is 5.94. The molecule has 31 heavy (non-hydrogen) atoms. The van der Waals surface area contributed by atoms with Crippen molar-refractivity contribution in [2.45, 2.75) is 44.7 Å². The van der Waals surface area contributed by atoms with E-state index in [1.54, 1.807) is 19.4 Å². The number of carbonyl (C=O) groups is 2. The van der Waals surface area contributed by atoms with E-state index in [1.807, 2.05) is 42.2 Å². The average molecular weight is 426 g/mol. The van der Waals surface area contributed by atoms with Crippen LogP contribution in [-0.2, 0) is 16.1 Å². The second-order valence-corrected chi connectivity index (χ2v) is 7.89. The van der Waals surface area contributed by atoms with Crippen LogP contribution < -0.4 is 10.9 Å². The second kappa shape index (κ2) is 10.9. The standard InChI is InChI=1S/C24H31N3O4/c1-3-21(18-7-5-4-6-8-18)24(30)26-13-11-20(12-14-26)25-23(29)19-9-10-22(28)27(17-19)15-16-31-2/h4-10,17,20-21H,3,11-16H2,1-2H3,(H,25,29). The zero-order valence-electron chi connectivity index (χ0n) is 18.3. The maximum Gasteiger partial charge on any atom is 0.252 e. The van der Waals surface area contributed by atoms with Crippen molar-refractivity contribution >= 4 is 11.8 Å². The molecule has 1 atom stereocenters. The Morgan fingerprint density at radius 3 is 2.48 bits per heavy atom. The van der Waals surface area contributed by atoms with Gasteiger partial charge in [0, 0.05) is 45.0 Å². The van der Waals surface area contributed by atoms with Gasteiger partial charge in [0.2, 0.25) is 5.91 Å². The number of piperidine rings is 1. The molecule has 2 aromatic rings. The molecule has 1 aliphatic rings. The van der Waals surface area contributed by atoms with Crippen molar-refractivity contribution in [1.82, 2.24) is 14.8 Å². The van der Waals surface area contributed by atoms with Crippen molar-refractivity contribution in [2.24, 2.45) is 0 Å². The van der Waals surface area contributed by atoms with Crippen LogP contribution in [0.3, 0.4) is 0 Å². The van der Waals surface area contributed by atoms with Crippen LogP contribution >= 0.6 is 0 Å². The van der Waals surface area contributed by atoms with E-state index in [0.717, 1.165) is 12.0 Å². The predicted octanol–water partition coefficient (Wildman–Crippen LogP) is 2.41. The molecular weight excluding hydrogens is 394 g/mol. The SMILES string of the molecule is CCC(C(=O)N1CCC(NC(=O)c2ccc(=O)n(CCOC)c2)CC1)c1ccccc1. The first kappa shape index (κ1) is 22.7. The monoisotopic (exact) mass is 425 g/mol. The van der Waals surface area contributed by atoms with Crippen LogP contribution in [0.15, 0.2) is 53.5 Å². The van der Waals surface area contributed by atoms with Gasteiger partial charge in [0.1, 0.15) is 0 Å². The van der Waals surface area contributed by atoms with Crippen LogP contribution in [0.25, 0.3) is 0 Å². The number of nitrogens with one attached hydrogen (secondary N) is 1. The largest absolute Gasteiger partial charge is 0.383 e. The summed E-state index contributed by atoms with van der Waals surface area (Å²) in [4.78, 5) is 39.5. The minimum Gasteiger partial charge on any atom is -0.383 e. The summed E-state index contributed by atoms with van der Waals surface area (Å²) < 4.78 is 6.49. The maximum atomic E-state index is 13.0. The molecule has 7 heteroatoms. The Morgan fingerprint density at radius 2 is 1.84 bits per heavy atom. The maximum absolute atomic E-state index is 13.0. The van der Waals surface area contributed by atoms with Crippen LogP contribution in [-0.4, -0.2) is 54.1 Å². The molecule has 0 bridgehead atoms. The fourth-order valence-electron chi connectivity index (χ4n) is 4.00. The molecule has 7 nitrogen and oxygen atoms in total. The van der Waals surface area contributed by atoms with E-state index in [4.69, 9.17) is 4.74 Å². The summed E-state index contributed by atoms with van der Waals surface area (Å²) in [6.07, 6.45) is 3.76. The first-order chi connectivity index (χ1) is 15.0. The average Bonchev–Trinajstić information content (AvgIpc) is 2.80. The number of likely N-dealkylation sites (tertiary alicyclic amines) is 1. The highest BCUT2D eigenvalue weighted by Crippen LogP contribution is 2.24. The second-order valence-electron chi connectivity index (χ2n) is 7.89. The summed E-state index contributed by atoms with van der Waals surface area (Å²) in [5.74, 6) is -0.171. The third kappa shape index (κ3) is 5.82. The number of hydrogen-bond donors (Lipinski definition) is 1. The summed E-state index contributed by atoms with van der Waals surface area (Å²) in [7, 11) is 1.57. The number of pyridine rings is 1. The number of nitrogens with zero attached hydrogens (tertiary/aromatic N) is 2. The molecule has 0 spiro atoms. The first-order valence-electron chi connectivity index (χ1n) is 10.9. The number of benzene rings is 1. The number of methoxy groups -OCH3 is 1. The summed E-state index contributed by atoms with van der Waals surface area (Å²) in [6, 6.07) is 12.9. The quantitative estimate of drug-likeness (QED) is 0.704. The smallest absolute Gasteiger partial charge is 0.252 e. The minimum atomic E-state index is -0.202. The van der Waals surface area contributed by atoms with Gasteiger partial charge in [-0.25, -0.2) is 0 Å². The Hall–Kier alpha value is -2.93. The molecule has 2 amide bonds. The Bertz CT molecular complexity index is 933. The van der Waals surface area contributed by atoms with E-state index in [0.29, 0.717) is 44.6 Å². The lowest BCUT2D eigenvalue weighted by Crippen LogP contribution is -2.47. The van der Waals surface area contributed by atoms with Gasteiger partial charge in [-0.05, 0) is 30.9 Å². The highest BCUT2D eigenvalue weighted by atomic mass is 16.5.